The van der Waals surface area contributed by atoms with E-state index in [1.807, 2.05) is 0 Å². The third-order valence-electron chi connectivity index (χ3n) is 1.68. The average Bonchev–Trinajstić information content (AvgIpc) is 2.18. The first-order chi connectivity index (χ1) is 6.63. The molecule has 1 heterocycles. The van der Waals surface area contributed by atoms with Crippen molar-refractivity contribution in [1.82, 2.24) is 4.98 Å². The van der Waals surface area contributed by atoms with Crippen LogP contribution in [0.5, 0.6) is 0 Å². The van der Waals surface area contributed by atoms with Crippen LogP contribution < -0.4 is 0 Å². The second-order valence-electron chi connectivity index (χ2n) is 2.70. The number of halogens is 1. The number of nitrogens with zero attached hydrogens (tertiary/aromatic N) is 1. The van der Waals surface area contributed by atoms with Crippen LogP contribution in [0.15, 0.2) is 22.8 Å². The summed E-state index contributed by atoms with van der Waals surface area (Å²) in [4.78, 5) is 14.8. The lowest BCUT2D eigenvalue weighted by Gasteiger charge is -2.07. The Morgan fingerprint density at radius 2 is 2.43 bits per heavy atom. The molecule has 1 aromatic heterocycles. The summed E-state index contributed by atoms with van der Waals surface area (Å²) in [5, 5.41) is 9.53. The maximum Gasteiger partial charge on any atom is 0.308 e. The Morgan fingerprint density at radius 1 is 1.71 bits per heavy atom. The molecule has 0 amide bonds. The van der Waals surface area contributed by atoms with Crippen molar-refractivity contribution in [3.05, 3.63) is 28.5 Å². The molecule has 4 nitrogen and oxygen atoms in total. The normalized spacial score (nSPS) is 12.2. The molecule has 1 N–H and O–H groups in total. The van der Waals surface area contributed by atoms with E-state index < -0.39 is 12.1 Å². The number of hydrogen-bond acceptors (Lipinski definition) is 4. The van der Waals surface area contributed by atoms with E-state index in [2.05, 4.69) is 25.7 Å². The molecule has 0 aliphatic rings. The minimum absolute atomic E-state index is 0.0782. The number of carbonyl (C=O) groups excluding carboxylic acids is 1. The van der Waals surface area contributed by atoms with E-state index in [9.17, 15) is 9.90 Å². The van der Waals surface area contributed by atoms with E-state index in [1.54, 1.807) is 18.3 Å². The zero-order valence-electron chi connectivity index (χ0n) is 7.61. The number of aliphatic hydroxyl groups excluding tert-OH is 1. The van der Waals surface area contributed by atoms with E-state index >= 15 is 0 Å². The standard InChI is InChI=1S/C9H10BrNO3/c1-14-9(13)4-8(12)7-3-2-6(10)5-11-7/h2-3,5,8,12H,4H2,1H3/t8-/m1/s1. The summed E-state index contributed by atoms with van der Waals surface area (Å²) < 4.78 is 5.26. The van der Waals surface area contributed by atoms with Crippen molar-refractivity contribution < 1.29 is 14.6 Å². The van der Waals surface area contributed by atoms with E-state index in [0.29, 0.717) is 5.69 Å². The van der Waals surface area contributed by atoms with Gasteiger partial charge in [0.2, 0.25) is 0 Å². The molecule has 0 aliphatic heterocycles. The summed E-state index contributed by atoms with van der Waals surface area (Å²) in [6.45, 7) is 0. The minimum Gasteiger partial charge on any atom is -0.469 e. The highest BCUT2D eigenvalue weighted by Gasteiger charge is 2.13. The number of esters is 1. The van der Waals surface area contributed by atoms with Crippen molar-refractivity contribution >= 4 is 21.9 Å². The van der Waals surface area contributed by atoms with Gasteiger partial charge in [0.15, 0.2) is 0 Å². The molecule has 0 spiro atoms. The van der Waals surface area contributed by atoms with Gasteiger partial charge in [-0.2, -0.15) is 0 Å². The van der Waals surface area contributed by atoms with Gasteiger partial charge in [-0.3, -0.25) is 9.78 Å². The smallest absolute Gasteiger partial charge is 0.308 e. The van der Waals surface area contributed by atoms with Crippen LogP contribution in [0.1, 0.15) is 18.2 Å². The summed E-state index contributed by atoms with van der Waals surface area (Å²) in [5.74, 6) is -0.456. The number of hydrogen-bond donors (Lipinski definition) is 1. The summed E-state index contributed by atoms with van der Waals surface area (Å²) >= 11 is 3.22. The molecule has 76 valence electrons. The van der Waals surface area contributed by atoms with Crippen molar-refractivity contribution in [2.45, 2.75) is 12.5 Å². The summed E-state index contributed by atoms with van der Waals surface area (Å²) in [6.07, 6.45) is 0.580. The highest BCUT2D eigenvalue weighted by molar-refractivity contribution is 9.10. The molecule has 0 radical (unpaired) electrons. The Morgan fingerprint density at radius 3 is 2.93 bits per heavy atom. The first-order valence-electron chi connectivity index (χ1n) is 4.00. The molecule has 1 aromatic rings. The van der Waals surface area contributed by atoms with Gasteiger partial charge in [-0.1, -0.05) is 0 Å². The Bertz CT molecular complexity index is 312. The molecule has 0 saturated heterocycles. The number of aromatic nitrogens is 1. The maximum atomic E-state index is 10.8. The molecule has 0 bridgehead atoms. The highest BCUT2D eigenvalue weighted by atomic mass is 79.9. The summed E-state index contributed by atoms with van der Waals surface area (Å²) in [5.41, 5.74) is 0.457. The van der Waals surface area contributed by atoms with Crippen LogP contribution in [0.3, 0.4) is 0 Å². The lowest BCUT2D eigenvalue weighted by atomic mass is 10.2. The quantitative estimate of drug-likeness (QED) is 0.835. The fourth-order valence-corrected chi connectivity index (χ4v) is 1.16. The van der Waals surface area contributed by atoms with Crippen LogP contribution >= 0.6 is 15.9 Å². The Kier molecular flexibility index (Phi) is 4.03. The van der Waals surface area contributed by atoms with Gasteiger partial charge in [-0.15, -0.1) is 0 Å². The molecule has 0 unspecified atom stereocenters. The molecule has 5 heteroatoms. The third-order valence-corrected chi connectivity index (χ3v) is 2.15. The van der Waals surface area contributed by atoms with E-state index in [0.717, 1.165) is 4.47 Å². The fourth-order valence-electron chi connectivity index (χ4n) is 0.930. The van der Waals surface area contributed by atoms with Crippen LogP contribution in [-0.4, -0.2) is 23.2 Å². The Hall–Kier alpha value is -0.940. The second-order valence-corrected chi connectivity index (χ2v) is 3.61. The first kappa shape index (κ1) is 11.1. The second kappa shape index (κ2) is 5.07. The van der Waals surface area contributed by atoms with Crippen molar-refractivity contribution in [1.29, 1.82) is 0 Å². The number of aliphatic hydroxyl groups is 1. The van der Waals surface area contributed by atoms with Gasteiger partial charge >= 0.3 is 5.97 Å². The van der Waals surface area contributed by atoms with Gasteiger partial charge in [-0.05, 0) is 28.1 Å². The minimum atomic E-state index is -0.907. The van der Waals surface area contributed by atoms with Crippen LogP contribution in [0.2, 0.25) is 0 Å². The number of methoxy groups -OCH3 is 1. The zero-order valence-corrected chi connectivity index (χ0v) is 9.19. The average molecular weight is 260 g/mol. The fraction of sp³-hybridized carbons (Fsp3) is 0.333. The molecular weight excluding hydrogens is 250 g/mol. The molecule has 0 saturated carbocycles. The maximum absolute atomic E-state index is 10.8. The van der Waals surface area contributed by atoms with Gasteiger partial charge in [0.25, 0.3) is 0 Å². The lowest BCUT2D eigenvalue weighted by molar-refractivity contribution is -0.142. The van der Waals surface area contributed by atoms with Gasteiger partial charge in [0.1, 0.15) is 6.10 Å². The van der Waals surface area contributed by atoms with Gasteiger partial charge < -0.3 is 9.84 Å². The largest absolute Gasteiger partial charge is 0.469 e. The molecule has 0 aliphatic carbocycles. The summed E-state index contributed by atoms with van der Waals surface area (Å²) in [7, 11) is 1.28. The van der Waals surface area contributed by atoms with Crippen molar-refractivity contribution in [2.75, 3.05) is 7.11 Å². The molecule has 14 heavy (non-hydrogen) atoms. The van der Waals surface area contributed by atoms with Gasteiger partial charge in [0, 0.05) is 10.7 Å². The van der Waals surface area contributed by atoms with Crippen molar-refractivity contribution in [3.63, 3.8) is 0 Å². The van der Waals surface area contributed by atoms with Crippen LogP contribution in [-0.2, 0) is 9.53 Å². The third kappa shape index (κ3) is 3.08. The summed E-state index contributed by atoms with van der Waals surface area (Å²) in [6, 6.07) is 3.40. The number of carbonyl (C=O) groups is 1. The van der Waals surface area contributed by atoms with E-state index in [4.69, 9.17) is 0 Å². The van der Waals surface area contributed by atoms with Gasteiger partial charge in [0.05, 0.1) is 19.2 Å². The molecule has 1 atom stereocenters. The number of ether oxygens (including phenoxy) is 1. The van der Waals surface area contributed by atoms with Gasteiger partial charge in [-0.25, -0.2) is 0 Å². The zero-order chi connectivity index (χ0) is 10.6. The predicted octanol–water partition coefficient (Wildman–Crippen LogP) is 1.44. The van der Waals surface area contributed by atoms with Crippen molar-refractivity contribution in [2.24, 2.45) is 0 Å². The topological polar surface area (TPSA) is 59.4 Å². The monoisotopic (exact) mass is 259 g/mol. The van der Waals surface area contributed by atoms with Crippen LogP contribution in [0.25, 0.3) is 0 Å². The molecule has 0 aromatic carbocycles. The number of pyridine rings is 1. The highest BCUT2D eigenvalue weighted by Crippen LogP contribution is 2.16. The van der Waals surface area contributed by atoms with Crippen molar-refractivity contribution in [3.8, 4) is 0 Å². The number of rotatable bonds is 3. The Labute approximate surface area is 90.0 Å². The van der Waals surface area contributed by atoms with Crippen LogP contribution in [0, 0.1) is 0 Å². The first-order valence-corrected chi connectivity index (χ1v) is 4.79. The SMILES string of the molecule is COC(=O)C[C@@H](O)c1ccc(Br)cn1. The Balaban J connectivity index is 2.65. The molecular formula is C9H10BrNO3. The van der Waals surface area contributed by atoms with E-state index in [1.165, 1.54) is 7.11 Å². The van der Waals surface area contributed by atoms with E-state index in [-0.39, 0.29) is 6.42 Å². The van der Waals surface area contributed by atoms with Crippen LogP contribution in [0.4, 0.5) is 0 Å². The molecule has 1 rings (SSSR count). The predicted molar refractivity (Wildman–Crippen MR) is 53.5 cm³/mol. The molecule has 0 fully saturated rings. The lowest BCUT2D eigenvalue weighted by Crippen LogP contribution is -2.09.